The number of aromatic nitrogens is 1. The minimum atomic E-state index is -1.02. The summed E-state index contributed by atoms with van der Waals surface area (Å²) in [6.45, 7) is 0.505. The molecule has 2 aliphatic heterocycles. The number of amides is 3. The van der Waals surface area contributed by atoms with Crippen molar-refractivity contribution in [3.63, 3.8) is 0 Å². The highest BCUT2D eigenvalue weighted by Gasteiger charge is 2.49. The zero-order chi connectivity index (χ0) is 27.1. The van der Waals surface area contributed by atoms with Crippen LogP contribution < -0.4 is 16.4 Å². The number of carbonyl (C=O) groups is 3. The van der Waals surface area contributed by atoms with Gasteiger partial charge < -0.3 is 20.7 Å². The van der Waals surface area contributed by atoms with Crippen LogP contribution in [-0.4, -0.2) is 46.9 Å². The van der Waals surface area contributed by atoms with Crippen LogP contribution in [0.1, 0.15) is 27.9 Å². The highest BCUT2D eigenvalue weighted by Crippen LogP contribution is 2.44. The molecule has 198 valence electrons. The molecule has 0 bridgehead atoms. The second kappa shape index (κ2) is 9.87. The van der Waals surface area contributed by atoms with Crippen molar-refractivity contribution in [3.8, 4) is 0 Å². The summed E-state index contributed by atoms with van der Waals surface area (Å²) in [6, 6.07) is 19.0. The zero-order valence-corrected chi connectivity index (χ0v) is 22.2. The molecule has 4 N–H and O–H groups in total. The summed E-state index contributed by atoms with van der Waals surface area (Å²) in [5.41, 5.74) is 8.16. The molecule has 1 fully saturated rings. The molecule has 2 atom stereocenters. The number of ether oxygens (including phenoxy) is 1. The summed E-state index contributed by atoms with van der Waals surface area (Å²) >= 11 is 7.56. The fourth-order valence-electron chi connectivity index (χ4n) is 5.24. The van der Waals surface area contributed by atoms with E-state index in [1.807, 2.05) is 30.3 Å². The van der Waals surface area contributed by atoms with Crippen molar-refractivity contribution in [2.75, 3.05) is 24.1 Å². The van der Waals surface area contributed by atoms with E-state index in [0.29, 0.717) is 46.3 Å². The normalized spacial score (nSPS) is 18.9. The van der Waals surface area contributed by atoms with E-state index in [0.717, 1.165) is 15.8 Å². The van der Waals surface area contributed by atoms with Crippen molar-refractivity contribution in [3.05, 3.63) is 88.4 Å². The van der Waals surface area contributed by atoms with Gasteiger partial charge in [0.05, 0.1) is 22.4 Å². The Balaban J connectivity index is 1.27. The number of benzene rings is 3. The average molecular weight is 562 g/mol. The Kier molecular flexibility index (Phi) is 6.36. The average Bonchev–Trinajstić information content (AvgIpc) is 3.51. The van der Waals surface area contributed by atoms with E-state index in [4.69, 9.17) is 22.1 Å². The maximum atomic E-state index is 13.9. The molecule has 1 aromatic heterocycles. The molecule has 1 spiro atoms. The maximum absolute atomic E-state index is 13.9. The first-order valence-corrected chi connectivity index (χ1v) is 13.6. The molecule has 4 aromatic rings. The quantitative estimate of drug-likeness (QED) is 0.328. The van der Waals surface area contributed by atoms with Crippen LogP contribution in [0, 0.1) is 0 Å². The van der Waals surface area contributed by atoms with E-state index in [1.54, 1.807) is 41.3 Å². The lowest BCUT2D eigenvalue weighted by molar-refractivity contribution is -0.133. The number of nitrogens with zero attached hydrogens (tertiary/aromatic N) is 2. The van der Waals surface area contributed by atoms with E-state index in [1.165, 1.54) is 11.3 Å². The van der Waals surface area contributed by atoms with Crippen LogP contribution in [0.4, 0.5) is 15.6 Å². The first kappa shape index (κ1) is 25.1. The van der Waals surface area contributed by atoms with Gasteiger partial charge in [0.15, 0.2) is 10.7 Å². The number of nitrogens with one attached hydrogen (secondary N) is 2. The number of fused-ring (bicyclic) bond motifs is 3. The number of hydrogen-bond acceptors (Lipinski definition) is 7. The molecule has 2 aliphatic rings. The van der Waals surface area contributed by atoms with E-state index in [-0.39, 0.29) is 18.4 Å². The van der Waals surface area contributed by atoms with Gasteiger partial charge in [-0.2, -0.15) is 0 Å². The van der Waals surface area contributed by atoms with Gasteiger partial charge in [-0.15, -0.1) is 0 Å². The molecular weight excluding hydrogens is 538 g/mol. The smallest absolute Gasteiger partial charge is 0.412 e. The number of hydrogen-bond donors (Lipinski definition) is 3. The van der Waals surface area contributed by atoms with Crippen LogP contribution in [0.15, 0.2) is 66.7 Å². The first-order valence-electron chi connectivity index (χ1n) is 12.4. The van der Waals surface area contributed by atoms with Crippen molar-refractivity contribution >= 4 is 61.9 Å². The van der Waals surface area contributed by atoms with Gasteiger partial charge in [-0.05, 0) is 42.0 Å². The Morgan fingerprint density at radius 1 is 1.18 bits per heavy atom. The summed E-state index contributed by atoms with van der Waals surface area (Å²) in [5, 5.41) is 6.57. The summed E-state index contributed by atoms with van der Waals surface area (Å²) < 4.78 is 6.57. The number of carbonyl (C=O) groups excluding carboxylic acids is 3. The SMILES string of the molecule is Nc1nc2ccc(C(=O)N[C@@H](Cc3ccccc3)C(=O)N3CCC4(C3)OC(=O)Nc3ccc(Cl)cc34)cc2s1. The Labute approximate surface area is 232 Å². The topological polar surface area (TPSA) is 127 Å². The van der Waals surface area contributed by atoms with Crippen LogP contribution in [0.2, 0.25) is 5.02 Å². The van der Waals surface area contributed by atoms with Gasteiger partial charge in [0.2, 0.25) is 5.91 Å². The van der Waals surface area contributed by atoms with Crippen LogP contribution >= 0.6 is 22.9 Å². The second-order valence-corrected chi connectivity index (χ2v) is 11.2. The van der Waals surface area contributed by atoms with Crippen LogP contribution in [0.5, 0.6) is 0 Å². The van der Waals surface area contributed by atoms with E-state index in [2.05, 4.69) is 15.6 Å². The summed E-state index contributed by atoms with van der Waals surface area (Å²) in [7, 11) is 0. The number of nitrogen functional groups attached to an aromatic ring is 1. The van der Waals surface area contributed by atoms with E-state index in [9.17, 15) is 14.4 Å². The predicted octanol–water partition coefficient (Wildman–Crippen LogP) is 4.56. The van der Waals surface area contributed by atoms with Gasteiger partial charge in [0.1, 0.15) is 6.04 Å². The third-order valence-corrected chi connectivity index (χ3v) is 8.18. The third kappa shape index (κ3) is 4.88. The van der Waals surface area contributed by atoms with Gasteiger partial charge in [-0.25, -0.2) is 9.78 Å². The number of halogens is 1. The summed E-state index contributed by atoms with van der Waals surface area (Å²) in [4.78, 5) is 45.5. The van der Waals surface area contributed by atoms with Gasteiger partial charge >= 0.3 is 6.09 Å². The van der Waals surface area contributed by atoms with Crippen molar-refractivity contribution in [1.29, 1.82) is 0 Å². The number of nitrogens with two attached hydrogens (primary N) is 1. The number of rotatable bonds is 5. The lowest BCUT2D eigenvalue weighted by atomic mass is 9.90. The highest BCUT2D eigenvalue weighted by molar-refractivity contribution is 7.22. The number of thiazole rings is 1. The van der Waals surface area contributed by atoms with E-state index < -0.39 is 17.7 Å². The molecule has 3 aromatic carbocycles. The Morgan fingerprint density at radius 3 is 2.82 bits per heavy atom. The Hall–Kier alpha value is -4.15. The number of likely N-dealkylation sites (tertiary alicyclic amines) is 1. The monoisotopic (exact) mass is 561 g/mol. The van der Waals surface area contributed by atoms with Gasteiger partial charge in [-0.1, -0.05) is 53.3 Å². The van der Waals surface area contributed by atoms with E-state index >= 15 is 0 Å². The minimum absolute atomic E-state index is 0.153. The largest absolute Gasteiger partial charge is 0.436 e. The van der Waals surface area contributed by atoms with Gasteiger partial charge in [0.25, 0.3) is 5.91 Å². The van der Waals surface area contributed by atoms with Crippen molar-refractivity contribution in [1.82, 2.24) is 15.2 Å². The minimum Gasteiger partial charge on any atom is -0.436 e. The summed E-state index contributed by atoms with van der Waals surface area (Å²) in [5.74, 6) is -0.636. The van der Waals surface area contributed by atoms with Gasteiger partial charge in [-0.3, -0.25) is 14.9 Å². The lowest BCUT2D eigenvalue weighted by Gasteiger charge is -2.35. The molecule has 1 saturated heterocycles. The molecule has 9 nitrogen and oxygen atoms in total. The zero-order valence-electron chi connectivity index (χ0n) is 20.6. The lowest BCUT2D eigenvalue weighted by Crippen LogP contribution is -2.50. The second-order valence-electron chi connectivity index (χ2n) is 9.66. The Morgan fingerprint density at radius 2 is 2.00 bits per heavy atom. The van der Waals surface area contributed by atoms with Crippen LogP contribution in [0.25, 0.3) is 10.2 Å². The maximum Gasteiger partial charge on any atom is 0.412 e. The summed E-state index contributed by atoms with van der Waals surface area (Å²) in [6.07, 6.45) is 0.135. The molecule has 1 unspecified atom stereocenters. The molecule has 0 aliphatic carbocycles. The fourth-order valence-corrected chi connectivity index (χ4v) is 6.18. The Bertz CT molecular complexity index is 1610. The molecule has 3 amide bonds. The molecule has 6 rings (SSSR count). The number of anilines is 2. The molecule has 3 heterocycles. The van der Waals surface area contributed by atoms with Crippen molar-refractivity contribution in [2.24, 2.45) is 0 Å². The standard InChI is InChI=1S/C28H24ClN5O4S/c29-18-7-9-20-19(14-18)28(38-27(37)33-20)10-11-34(15-28)25(36)22(12-16-4-2-1-3-5-16)31-24(35)17-6-8-21-23(13-17)39-26(30)32-21/h1-9,13-14,22H,10-12,15H2,(H2,30,32)(H,31,35)(H,33,37)/t22-,28?/m0/s1. The van der Waals surface area contributed by atoms with Crippen molar-refractivity contribution < 1.29 is 19.1 Å². The molecule has 39 heavy (non-hydrogen) atoms. The first-order chi connectivity index (χ1) is 18.8. The molecule has 0 radical (unpaired) electrons. The fraction of sp³-hybridized carbons (Fsp3) is 0.214. The molecule has 11 heteroatoms. The highest BCUT2D eigenvalue weighted by atomic mass is 35.5. The predicted molar refractivity (Wildman–Crippen MR) is 150 cm³/mol. The van der Waals surface area contributed by atoms with Crippen molar-refractivity contribution in [2.45, 2.75) is 24.5 Å². The molecular formula is C28H24ClN5O4S. The van der Waals surface area contributed by atoms with Crippen LogP contribution in [0.3, 0.4) is 0 Å². The van der Waals surface area contributed by atoms with Gasteiger partial charge in [0, 0.05) is 35.5 Å². The third-order valence-electron chi connectivity index (χ3n) is 7.09. The molecule has 0 saturated carbocycles. The van der Waals surface area contributed by atoms with Crippen LogP contribution in [-0.2, 0) is 21.6 Å².